The third kappa shape index (κ3) is 3.04. The van der Waals surface area contributed by atoms with Crippen LogP contribution in [0.1, 0.15) is 29.0 Å². The smallest absolute Gasteiger partial charge is 0.357 e. The lowest BCUT2D eigenvalue weighted by atomic mass is 10.1. The topological polar surface area (TPSA) is 84.6 Å². The van der Waals surface area contributed by atoms with Crippen molar-refractivity contribution in [2.75, 3.05) is 12.4 Å². The maximum atomic E-state index is 10.7. The lowest BCUT2D eigenvalue weighted by molar-refractivity contribution is 0.0690. The molecule has 0 radical (unpaired) electrons. The zero-order valence-electron chi connectivity index (χ0n) is 10.6. The fourth-order valence-corrected chi connectivity index (χ4v) is 1.60. The van der Waals surface area contributed by atoms with Gasteiger partial charge in [-0.3, -0.25) is 0 Å². The number of carbonyl (C=O) groups is 1. The summed E-state index contributed by atoms with van der Waals surface area (Å²) in [5, 5.41) is 11.7. The number of aromatic nitrogens is 1. The first-order valence-electron chi connectivity index (χ1n) is 5.69. The van der Waals surface area contributed by atoms with Gasteiger partial charge in [-0.2, -0.15) is 4.98 Å². The maximum Gasteiger partial charge on any atom is 0.357 e. The maximum absolute atomic E-state index is 10.7. The molecule has 100 valence electrons. The van der Waals surface area contributed by atoms with Crippen LogP contribution in [0.5, 0.6) is 5.75 Å². The highest BCUT2D eigenvalue weighted by molar-refractivity contribution is 5.85. The van der Waals surface area contributed by atoms with E-state index in [9.17, 15) is 4.79 Å². The number of aromatic carboxylic acids is 1. The molecule has 0 amide bonds. The number of carboxylic acids is 1. The largest absolute Gasteiger partial charge is 0.497 e. The summed E-state index contributed by atoms with van der Waals surface area (Å²) in [5.74, 6) is -0.339. The van der Waals surface area contributed by atoms with Crippen molar-refractivity contribution >= 4 is 12.0 Å². The Morgan fingerprint density at radius 3 is 2.63 bits per heavy atom. The van der Waals surface area contributed by atoms with E-state index in [0.717, 1.165) is 17.6 Å². The molecule has 2 rings (SSSR count). The highest BCUT2D eigenvalue weighted by Crippen LogP contribution is 2.21. The first kappa shape index (κ1) is 12.9. The molecule has 0 spiro atoms. The van der Waals surface area contributed by atoms with E-state index in [1.54, 1.807) is 7.11 Å². The van der Waals surface area contributed by atoms with Gasteiger partial charge in [-0.25, -0.2) is 4.79 Å². The normalized spacial score (nSPS) is 11.9. The number of carboxylic acid groups (broad SMARTS) is 1. The molecule has 1 aromatic carbocycles. The van der Waals surface area contributed by atoms with E-state index in [0.29, 0.717) is 0 Å². The van der Waals surface area contributed by atoms with Gasteiger partial charge >= 0.3 is 5.97 Å². The SMILES string of the molecule is COc1ccc(C(C)Nc2nc(C(=O)O)co2)cc1. The van der Waals surface area contributed by atoms with Crippen LogP contribution in [0.3, 0.4) is 0 Å². The molecule has 1 unspecified atom stereocenters. The van der Waals surface area contributed by atoms with Crippen LogP contribution in [0, 0.1) is 0 Å². The van der Waals surface area contributed by atoms with E-state index in [-0.39, 0.29) is 17.8 Å². The second kappa shape index (κ2) is 5.43. The number of hydrogen-bond acceptors (Lipinski definition) is 5. The Hall–Kier alpha value is -2.50. The molecule has 6 heteroatoms. The van der Waals surface area contributed by atoms with Crippen molar-refractivity contribution in [3.8, 4) is 5.75 Å². The number of methoxy groups -OCH3 is 1. The van der Waals surface area contributed by atoms with E-state index in [4.69, 9.17) is 14.3 Å². The average Bonchev–Trinajstić information content (AvgIpc) is 2.87. The third-order valence-electron chi connectivity index (χ3n) is 2.68. The number of anilines is 1. The van der Waals surface area contributed by atoms with E-state index < -0.39 is 5.97 Å². The van der Waals surface area contributed by atoms with Crippen LogP contribution in [-0.2, 0) is 0 Å². The predicted molar refractivity (Wildman–Crippen MR) is 68.5 cm³/mol. The lowest BCUT2D eigenvalue weighted by Crippen LogP contribution is -2.07. The molecule has 0 aliphatic heterocycles. The van der Waals surface area contributed by atoms with Gasteiger partial charge in [-0.05, 0) is 24.6 Å². The minimum atomic E-state index is -1.12. The van der Waals surface area contributed by atoms with Crippen LogP contribution in [0.15, 0.2) is 34.9 Å². The second-order valence-corrected chi connectivity index (χ2v) is 3.98. The summed E-state index contributed by atoms with van der Waals surface area (Å²) in [4.78, 5) is 14.5. The van der Waals surface area contributed by atoms with Gasteiger partial charge in [0.25, 0.3) is 6.01 Å². The van der Waals surface area contributed by atoms with Gasteiger partial charge in [0.2, 0.25) is 0 Å². The van der Waals surface area contributed by atoms with Crippen molar-refractivity contribution in [1.82, 2.24) is 4.98 Å². The van der Waals surface area contributed by atoms with Gasteiger partial charge in [0.1, 0.15) is 12.0 Å². The number of nitrogens with zero attached hydrogens (tertiary/aromatic N) is 1. The minimum absolute atomic E-state index is 0.0637. The summed E-state index contributed by atoms with van der Waals surface area (Å²) in [5.41, 5.74) is 0.889. The third-order valence-corrected chi connectivity index (χ3v) is 2.68. The van der Waals surface area contributed by atoms with Crippen molar-refractivity contribution in [1.29, 1.82) is 0 Å². The van der Waals surface area contributed by atoms with Gasteiger partial charge in [-0.1, -0.05) is 12.1 Å². The number of benzene rings is 1. The molecule has 0 aliphatic rings. The molecular formula is C13H14N2O4. The molecule has 19 heavy (non-hydrogen) atoms. The minimum Gasteiger partial charge on any atom is -0.497 e. The molecule has 6 nitrogen and oxygen atoms in total. The molecule has 0 aliphatic carbocycles. The van der Waals surface area contributed by atoms with Gasteiger partial charge in [-0.15, -0.1) is 0 Å². The zero-order chi connectivity index (χ0) is 13.8. The van der Waals surface area contributed by atoms with Crippen LogP contribution in [0.2, 0.25) is 0 Å². The first-order valence-corrected chi connectivity index (χ1v) is 5.69. The van der Waals surface area contributed by atoms with Crippen molar-refractivity contribution in [3.05, 3.63) is 41.8 Å². The van der Waals surface area contributed by atoms with Crippen molar-refractivity contribution in [2.24, 2.45) is 0 Å². The number of nitrogens with one attached hydrogen (secondary N) is 1. The molecule has 0 saturated heterocycles. The summed E-state index contributed by atoms with van der Waals surface area (Å²) >= 11 is 0. The van der Waals surface area contributed by atoms with Gasteiger partial charge in [0.15, 0.2) is 5.69 Å². The molecule has 0 fully saturated rings. The Kier molecular flexibility index (Phi) is 3.70. The zero-order valence-corrected chi connectivity index (χ0v) is 10.6. The van der Waals surface area contributed by atoms with Crippen LogP contribution < -0.4 is 10.1 Å². The number of ether oxygens (including phenoxy) is 1. The van der Waals surface area contributed by atoms with E-state index in [1.807, 2.05) is 31.2 Å². The Bertz CT molecular complexity index is 562. The highest BCUT2D eigenvalue weighted by atomic mass is 16.5. The number of hydrogen-bond donors (Lipinski definition) is 2. The van der Waals surface area contributed by atoms with Crippen LogP contribution in [0.4, 0.5) is 6.01 Å². The molecule has 2 N–H and O–H groups in total. The van der Waals surface area contributed by atoms with Crippen molar-refractivity contribution in [3.63, 3.8) is 0 Å². The van der Waals surface area contributed by atoms with Crippen LogP contribution in [-0.4, -0.2) is 23.2 Å². The number of rotatable bonds is 5. The molecule has 1 atom stereocenters. The average molecular weight is 262 g/mol. The Morgan fingerprint density at radius 2 is 2.11 bits per heavy atom. The molecular weight excluding hydrogens is 248 g/mol. The monoisotopic (exact) mass is 262 g/mol. The van der Waals surface area contributed by atoms with Gasteiger partial charge < -0.3 is 19.6 Å². The predicted octanol–water partition coefficient (Wildman–Crippen LogP) is 2.55. The molecule has 1 aromatic heterocycles. The second-order valence-electron chi connectivity index (χ2n) is 3.98. The molecule has 1 heterocycles. The van der Waals surface area contributed by atoms with Crippen LogP contribution in [0.25, 0.3) is 0 Å². The summed E-state index contributed by atoms with van der Waals surface area (Å²) < 4.78 is 10.1. The summed E-state index contributed by atoms with van der Waals surface area (Å²) in [6.07, 6.45) is 1.10. The quantitative estimate of drug-likeness (QED) is 0.861. The molecule has 2 aromatic rings. The Morgan fingerprint density at radius 1 is 1.42 bits per heavy atom. The number of oxazole rings is 1. The van der Waals surface area contributed by atoms with Gasteiger partial charge in [0, 0.05) is 0 Å². The molecule has 0 bridgehead atoms. The fourth-order valence-electron chi connectivity index (χ4n) is 1.60. The summed E-state index contributed by atoms with van der Waals surface area (Å²) in [6.45, 7) is 1.92. The molecule has 0 saturated carbocycles. The standard InChI is InChI=1S/C13H14N2O4/c1-8(9-3-5-10(18-2)6-4-9)14-13-15-11(7-19-13)12(16)17/h3-8H,1-2H3,(H,14,15)(H,16,17). The highest BCUT2D eigenvalue weighted by Gasteiger charge is 2.13. The van der Waals surface area contributed by atoms with Gasteiger partial charge in [0.05, 0.1) is 13.2 Å². The summed E-state index contributed by atoms with van der Waals surface area (Å²) in [7, 11) is 1.61. The van der Waals surface area contributed by atoms with Crippen molar-refractivity contribution in [2.45, 2.75) is 13.0 Å². The van der Waals surface area contributed by atoms with E-state index >= 15 is 0 Å². The Labute approximate surface area is 110 Å². The summed E-state index contributed by atoms with van der Waals surface area (Å²) in [6, 6.07) is 7.65. The van der Waals surface area contributed by atoms with Crippen molar-refractivity contribution < 1.29 is 19.1 Å². The Balaban J connectivity index is 2.06. The lowest BCUT2D eigenvalue weighted by Gasteiger charge is -2.12. The van der Waals surface area contributed by atoms with E-state index in [1.165, 1.54) is 0 Å². The van der Waals surface area contributed by atoms with Crippen LogP contribution >= 0.6 is 0 Å². The fraction of sp³-hybridized carbons (Fsp3) is 0.231. The van der Waals surface area contributed by atoms with E-state index in [2.05, 4.69) is 10.3 Å². The first-order chi connectivity index (χ1) is 9.10.